The summed E-state index contributed by atoms with van der Waals surface area (Å²) in [5.41, 5.74) is 7.34. The van der Waals surface area contributed by atoms with Gasteiger partial charge in [-0.15, -0.1) is 0 Å². The minimum absolute atomic E-state index is 0.0426. The van der Waals surface area contributed by atoms with Gasteiger partial charge in [0.15, 0.2) is 10.9 Å². The highest BCUT2D eigenvalue weighted by molar-refractivity contribution is 8.13. The van der Waals surface area contributed by atoms with Crippen LogP contribution in [-0.2, 0) is 4.79 Å². The van der Waals surface area contributed by atoms with Crippen molar-refractivity contribution in [2.45, 2.75) is 13.8 Å². The lowest BCUT2D eigenvalue weighted by molar-refractivity contribution is -0.109. The Kier molecular flexibility index (Phi) is 4.80. The number of thioether (sulfide) groups is 1. The van der Waals surface area contributed by atoms with E-state index in [0.29, 0.717) is 17.0 Å². The molecule has 0 unspecified atom stereocenters. The van der Waals surface area contributed by atoms with E-state index >= 15 is 0 Å². The molecule has 1 aromatic carbocycles. The quantitative estimate of drug-likeness (QED) is 0.494. The van der Waals surface area contributed by atoms with Crippen molar-refractivity contribution in [3.05, 3.63) is 29.3 Å². The fourth-order valence-corrected chi connectivity index (χ4v) is 1.56. The molecule has 0 atom stereocenters. The first-order chi connectivity index (χ1) is 8.00. The molecule has 0 amide bonds. The number of carbonyl (C=O) groups is 2. The van der Waals surface area contributed by atoms with Gasteiger partial charge in [0.05, 0.1) is 5.75 Å². The van der Waals surface area contributed by atoms with Crippen molar-refractivity contribution < 1.29 is 9.59 Å². The molecule has 1 aromatic rings. The highest BCUT2D eigenvalue weighted by atomic mass is 32.2. The third kappa shape index (κ3) is 4.33. The predicted molar refractivity (Wildman–Crippen MR) is 70.9 cm³/mol. The Balaban J connectivity index is 2.82. The molecule has 0 heterocycles. The van der Waals surface area contributed by atoms with Crippen LogP contribution in [0.3, 0.4) is 0 Å². The normalized spacial score (nSPS) is 9.29. The average molecular weight is 247 g/mol. The minimum atomic E-state index is -0.0794. The number of anilines is 1. The van der Waals surface area contributed by atoms with Crippen molar-refractivity contribution in [2.24, 2.45) is 0 Å². The molecule has 0 spiro atoms. The molecule has 4 heteroatoms. The van der Waals surface area contributed by atoms with Crippen LogP contribution in [0.15, 0.2) is 18.2 Å². The van der Waals surface area contributed by atoms with E-state index in [1.54, 1.807) is 18.2 Å². The van der Waals surface area contributed by atoms with Crippen molar-refractivity contribution in [3.63, 3.8) is 0 Å². The van der Waals surface area contributed by atoms with Crippen LogP contribution in [0, 0.1) is 11.8 Å². The van der Waals surface area contributed by atoms with Crippen molar-refractivity contribution in [2.75, 3.05) is 11.5 Å². The van der Waals surface area contributed by atoms with E-state index in [-0.39, 0.29) is 10.9 Å². The Morgan fingerprint density at radius 3 is 2.65 bits per heavy atom. The van der Waals surface area contributed by atoms with Crippen molar-refractivity contribution in [1.29, 1.82) is 0 Å². The molecular formula is C13H13NO2S. The van der Waals surface area contributed by atoms with Crippen LogP contribution in [0.2, 0.25) is 0 Å². The second-order valence-corrected chi connectivity index (χ2v) is 4.59. The number of nitrogen functional groups attached to an aromatic ring is 1. The molecule has 0 aliphatic heterocycles. The summed E-state index contributed by atoms with van der Waals surface area (Å²) < 4.78 is 0. The maximum Gasteiger partial charge on any atom is 0.186 e. The zero-order chi connectivity index (χ0) is 12.8. The fraction of sp³-hybridized carbons (Fsp3) is 0.231. The van der Waals surface area contributed by atoms with E-state index in [9.17, 15) is 9.59 Å². The molecule has 0 saturated heterocycles. The molecule has 0 saturated carbocycles. The summed E-state index contributed by atoms with van der Waals surface area (Å²) in [4.78, 5) is 21.9. The van der Waals surface area contributed by atoms with Gasteiger partial charge in [0.2, 0.25) is 0 Å². The number of Topliss-reactive ketones (excluding diaryl/α,β-unsaturated/α-hetero) is 1. The summed E-state index contributed by atoms with van der Waals surface area (Å²) in [6.07, 6.45) is 0. The highest BCUT2D eigenvalue weighted by Crippen LogP contribution is 2.14. The van der Waals surface area contributed by atoms with Crippen LogP contribution in [0.1, 0.15) is 29.8 Å². The molecule has 1 rings (SSSR count). The third-order valence-electron chi connectivity index (χ3n) is 2.01. The molecule has 0 aliphatic carbocycles. The monoisotopic (exact) mass is 247 g/mol. The molecule has 3 nitrogen and oxygen atoms in total. The standard InChI is InChI=1S/C13H13NO2S/c1-9(15)12-8-11(5-6-13(12)14)4-3-7-17-10(2)16/h5-6,8H,7,14H2,1-2H3. The lowest BCUT2D eigenvalue weighted by Gasteiger charge is -2.01. The van der Waals surface area contributed by atoms with Crippen LogP contribution >= 0.6 is 11.8 Å². The molecule has 0 aromatic heterocycles. The molecule has 0 bridgehead atoms. The van der Waals surface area contributed by atoms with Gasteiger partial charge in [-0.05, 0) is 25.1 Å². The maximum atomic E-state index is 11.3. The van der Waals surface area contributed by atoms with E-state index in [0.717, 1.165) is 17.3 Å². The number of hydrogen-bond acceptors (Lipinski definition) is 4. The van der Waals surface area contributed by atoms with Gasteiger partial charge in [0.25, 0.3) is 0 Å². The van der Waals surface area contributed by atoms with Crippen LogP contribution in [-0.4, -0.2) is 16.7 Å². The summed E-state index contributed by atoms with van der Waals surface area (Å²) in [5, 5.41) is 0.0426. The van der Waals surface area contributed by atoms with Crippen molar-refractivity contribution >= 4 is 28.3 Å². The summed E-state index contributed by atoms with van der Waals surface area (Å²) in [5.74, 6) is 6.12. The third-order valence-corrected chi connectivity index (χ3v) is 2.71. The first-order valence-electron chi connectivity index (χ1n) is 5.03. The lowest BCUT2D eigenvalue weighted by Crippen LogP contribution is -1.99. The average Bonchev–Trinajstić information content (AvgIpc) is 2.25. The highest BCUT2D eigenvalue weighted by Gasteiger charge is 2.04. The second kappa shape index (κ2) is 6.12. The molecule has 17 heavy (non-hydrogen) atoms. The molecular weight excluding hydrogens is 234 g/mol. The number of ketones is 1. The summed E-state index contributed by atoms with van der Waals surface area (Å²) in [6, 6.07) is 5.09. The van der Waals surface area contributed by atoms with Gasteiger partial charge < -0.3 is 5.73 Å². The minimum Gasteiger partial charge on any atom is -0.398 e. The Bertz CT molecular complexity index is 512. The van der Waals surface area contributed by atoms with E-state index in [1.165, 1.54) is 13.8 Å². The first-order valence-corrected chi connectivity index (χ1v) is 6.02. The van der Waals surface area contributed by atoms with Crippen LogP contribution < -0.4 is 5.73 Å². The van der Waals surface area contributed by atoms with Crippen LogP contribution in [0.25, 0.3) is 0 Å². The van der Waals surface area contributed by atoms with Gasteiger partial charge in [0, 0.05) is 23.7 Å². The second-order valence-electron chi connectivity index (χ2n) is 3.44. The van der Waals surface area contributed by atoms with Crippen molar-refractivity contribution in [1.82, 2.24) is 0 Å². The number of hydrogen-bond donors (Lipinski definition) is 1. The fourth-order valence-electron chi connectivity index (χ4n) is 1.21. The van der Waals surface area contributed by atoms with E-state index in [4.69, 9.17) is 5.73 Å². The largest absolute Gasteiger partial charge is 0.398 e. The summed E-state index contributed by atoms with van der Waals surface area (Å²) >= 11 is 1.16. The molecule has 0 radical (unpaired) electrons. The first kappa shape index (κ1) is 13.3. The zero-order valence-corrected chi connectivity index (χ0v) is 10.6. The number of carbonyl (C=O) groups excluding carboxylic acids is 2. The van der Waals surface area contributed by atoms with Gasteiger partial charge in [-0.3, -0.25) is 9.59 Å². The topological polar surface area (TPSA) is 60.2 Å². The smallest absolute Gasteiger partial charge is 0.186 e. The van der Waals surface area contributed by atoms with Gasteiger partial charge >= 0.3 is 0 Å². The van der Waals surface area contributed by atoms with Crippen LogP contribution in [0.5, 0.6) is 0 Å². The van der Waals surface area contributed by atoms with Crippen molar-refractivity contribution in [3.8, 4) is 11.8 Å². The number of benzene rings is 1. The molecule has 88 valence electrons. The Hall–Kier alpha value is -1.73. The summed E-state index contributed by atoms with van der Waals surface area (Å²) in [7, 11) is 0. The Morgan fingerprint density at radius 2 is 2.06 bits per heavy atom. The Labute approximate surface area is 105 Å². The van der Waals surface area contributed by atoms with E-state index in [2.05, 4.69) is 11.8 Å². The maximum absolute atomic E-state index is 11.3. The predicted octanol–water partition coefficient (Wildman–Crippen LogP) is 2.10. The number of rotatable bonds is 2. The van der Waals surface area contributed by atoms with Gasteiger partial charge in [0.1, 0.15) is 0 Å². The lowest BCUT2D eigenvalue weighted by atomic mass is 10.1. The van der Waals surface area contributed by atoms with Gasteiger partial charge in [-0.2, -0.15) is 0 Å². The zero-order valence-electron chi connectivity index (χ0n) is 9.74. The number of nitrogens with two attached hydrogens (primary N) is 1. The van der Waals surface area contributed by atoms with E-state index < -0.39 is 0 Å². The van der Waals surface area contributed by atoms with Gasteiger partial charge in [-0.25, -0.2) is 0 Å². The van der Waals surface area contributed by atoms with Gasteiger partial charge in [-0.1, -0.05) is 23.6 Å². The SMILES string of the molecule is CC(=O)SCC#Cc1ccc(N)c(C(C)=O)c1. The van der Waals surface area contributed by atoms with E-state index in [1.807, 2.05) is 0 Å². The molecule has 2 N–H and O–H groups in total. The Morgan fingerprint density at radius 1 is 1.35 bits per heavy atom. The molecule has 0 aliphatic rings. The summed E-state index contributed by atoms with van der Waals surface area (Å²) in [6.45, 7) is 2.97. The van der Waals surface area contributed by atoms with Crippen LogP contribution in [0.4, 0.5) is 5.69 Å². The molecule has 0 fully saturated rings.